The average Bonchev–Trinajstić information content (AvgIpc) is 2.19. The van der Waals surface area contributed by atoms with E-state index < -0.39 is 0 Å². The molecule has 0 aliphatic heterocycles. The van der Waals surface area contributed by atoms with E-state index in [-0.39, 0.29) is 0 Å². The zero-order valence-corrected chi connectivity index (χ0v) is 9.38. The van der Waals surface area contributed by atoms with E-state index in [1.807, 2.05) is 13.8 Å². The molecular formula is C13H22. The number of hydrogen-bond acceptors (Lipinski definition) is 0. The highest BCUT2D eigenvalue weighted by atomic mass is 14.0. The first-order valence-corrected chi connectivity index (χ1v) is 5.33. The first-order valence-electron chi connectivity index (χ1n) is 5.33. The standard InChI is InChI=1S/C11H16.C2H6/c1-10(2)8-9-11-6-4-3-5-7-11;1-2/h3-7,10H,8-9H2,1-2H3;1-2H3. The summed E-state index contributed by atoms with van der Waals surface area (Å²) in [6.07, 6.45) is 2.52. The molecule has 0 N–H and O–H groups in total. The Morgan fingerprint density at radius 1 is 1.00 bits per heavy atom. The molecule has 0 bridgehead atoms. The van der Waals surface area contributed by atoms with Gasteiger partial charge >= 0.3 is 0 Å². The molecule has 0 unspecified atom stereocenters. The molecule has 1 rings (SSSR count). The molecule has 0 radical (unpaired) electrons. The van der Waals surface area contributed by atoms with Crippen LogP contribution in [-0.4, -0.2) is 0 Å². The molecule has 0 aromatic heterocycles. The van der Waals surface area contributed by atoms with Crippen LogP contribution >= 0.6 is 0 Å². The minimum absolute atomic E-state index is 0.815. The molecule has 13 heavy (non-hydrogen) atoms. The molecule has 0 aliphatic rings. The van der Waals surface area contributed by atoms with Crippen LogP contribution in [0, 0.1) is 5.92 Å². The van der Waals surface area contributed by atoms with Crippen molar-refractivity contribution in [1.29, 1.82) is 0 Å². The van der Waals surface area contributed by atoms with Crippen molar-refractivity contribution in [3.63, 3.8) is 0 Å². The lowest BCUT2D eigenvalue weighted by atomic mass is 10.0. The van der Waals surface area contributed by atoms with Crippen LogP contribution in [0.15, 0.2) is 30.3 Å². The number of hydrogen-bond donors (Lipinski definition) is 0. The van der Waals surface area contributed by atoms with Gasteiger partial charge in [-0.2, -0.15) is 0 Å². The molecule has 0 spiro atoms. The first-order chi connectivity index (χ1) is 6.29. The van der Waals surface area contributed by atoms with E-state index in [2.05, 4.69) is 44.2 Å². The molecule has 74 valence electrons. The molecule has 0 amide bonds. The average molecular weight is 178 g/mol. The lowest BCUT2D eigenvalue weighted by Crippen LogP contribution is -1.91. The topological polar surface area (TPSA) is 0 Å². The summed E-state index contributed by atoms with van der Waals surface area (Å²) in [4.78, 5) is 0. The Balaban J connectivity index is 0.000000671. The number of benzene rings is 1. The monoisotopic (exact) mass is 178 g/mol. The van der Waals surface area contributed by atoms with Crippen LogP contribution in [0.25, 0.3) is 0 Å². The Morgan fingerprint density at radius 2 is 1.54 bits per heavy atom. The largest absolute Gasteiger partial charge is 0.0683 e. The van der Waals surface area contributed by atoms with Gasteiger partial charge in [-0.3, -0.25) is 0 Å². The summed E-state index contributed by atoms with van der Waals surface area (Å²) < 4.78 is 0. The van der Waals surface area contributed by atoms with Crippen molar-refractivity contribution >= 4 is 0 Å². The number of rotatable bonds is 3. The minimum atomic E-state index is 0.815. The van der Waals surface area contributed by atoms with Crippen molar-refractivity contribution in [2.45, 2.75) is 40.5 Å². The maximum Gasteiger partial charge on any atom is -0.0276 e. The van der Waals surface area contributed by atoms with E-state index in [4.69, 9.17) is 0 Å². The van der Waals surface area contributed by atoms with Gasteiger partial charge < -0.3 is 0 Å². The molecule has 0 atom stereocenters. The minimum Gasteiger partial charge on any atom is -0.0683 e. The van der Waals surface area contributed by atoms with Gasteiger partial charge in [0.05, 0.1) is 0 Å². The molecule has 0 nitrogen and oxygen atoms in total. The van der Waals surface area contributed by atoms with Gasteiger partial charge in [0.25, 0.3) is 0 Å². The predicted molar refractivity (Wildman–Crippen MR) is 60.9 cm³/mol. The summed E-state index contributed by atoms with van der Waals surface area (Å²) in [5.41, 5.74) is 1.46. The van der Waals surface area contributed by atoms with Crippen LogP contribution in [0.3, 0.4) is 0 Å². The smallest absolute Gasteiger partial charge is 0.0276 e. The van der Waals surface area contributed by atoms with E-state index in [1.54, 1.807) is 0 Å². The van der Waals surface area contributed by atoms with E-state index in [9.17, 15) is 0 Å². The van der Waals surface area contributed by atoms with Gasteiger partial charge in [0, 0.05) is 0 Å². The van der Waals surface area contributed by atoms with Gasteiger partial charge in [0.1, 0.15) is 0 Å². The fourth-order valence-corrected chi connectivity index (χ4v) is 1.10. The second-order valence-corrected chi connectivity index (χ2v) is 3.42. The molecule has 1 aromatic rings. The van der Waals surface area contributed by atoms with Crippen LogP contribution in [-0.2, 0) is 6.42 Å². The highest BCUT2D eigenvalue weighted by Gasteiger charge is 1.94. The molecule has 0 saturated heterocycles. The van der Waals surface area contributed by atoms with Crippen LogP contribution in [0.5, 0.6) is 0 Å². The van der Waals surface area contributed by atoms with Crippen LogP contribution in [0.1, 0.15) is 39.7 Å². The van der Waals surface area contributed by atoms with Crippen LogP contribution in [0.4, 0.5) is 0 Å². The predicted octanol–water partition coefficient (Wildman–Crippen LogP) is 4.30. The molecule has 0 heterocycles. The zero-order valence-electron chi connectivity index (χ0n) is 9.38. The van der Waals surface area contributed by atoms with Crippen molar-refractivity contribution in [3.05, 3.63) is 35.9 Å². The lowest BCUT2D eigenvalue weighted by Gasteiger charge is -2.03. The Kier molecular flexibility index (Phi) is 7.38. The summed E-state index contributed by atoms with van der Waals surface area (Å²) >= 11 is 0. The van der Waals surface area contributed by atoms with Crippen molar-refractivity contribution in [3.8, 4) is 0 Å². The van der Waals surface area contributed by atoms with Gasteiger partial charge in [-0.15, -0.1) is 0 Å². The third-order valence-corrected chi connectivity index (χ3v) is 1.85. The van der Waals surface area contributed by atoms with E-state index in [0.29, 0.717) is 0 Å². The first kappa shape index (κ1) is 12.2. The Labute approximate surface area is 83.0 Å². The normalized spacial score (nSPS) is 9.31. The van der Waals surface area contributed by atoms with Gasteiger partial charge in [0.15, 0.2) is 0 Å². The molecule has 0 heteroatoms. The molecule has 1 aromatic carbocycles. The SMILES string of the molecule is CC.CC(C)CCc1ccccc1. The second kappa shape index (κ2) is 7.85. The summed E-state index contributed by atoms with van der Waals surface area (Å²) in [6, 6.07) is 10.7. The quantitative estimate of drug-likeness (QED) is 0.647. The summed E-state index contributed by atoms with van der Waals surface area (Å²) in [5, 5.41) is 0. The van der Waals surface area contributed by atoms with Gasteiger partial charge in [0.2, 0.25) is 0 Å². The Hall–Kier alpha value is -0.780. The van der Waals surface area contributed by atoms with E-state index in [0.717, 1.165) is 5.92 Å². The molecule has 0 fully saturated rings. The Bertz CT molecular complexity index is 186. The maximum atomic E-state index is 2.27. The fraction of sp³-hybridized carbons (Fsp3) is 0.538. The van der Waals surface area contributed by atoms with Gasteiger partial charge in [-0.1, -0.05) is 58.0 Å². The third-order valence-electron chi connectivity index (χ3n) is 1.85. The van der Waals surface area contributed by atoms with E-state index >= 15 is 0 Å². The maximum absolute atomic E-state index is 2.27. The molecular weight excluding hydrogens is 156 g/mol. The fourth-order valence-electron chi connectivity index (χ4n) is 1.10. The van der Waals surface area contributed by atoms with Gasteiger partial charge in [-0.05, 0) is 24.3 Å². The van der Waals surface area contributed by atoms with Crippen molar-refractivity contribution in [2.24, 2.45) is 5.92 Å². The van der Waals surface area contributed by atoms with E-state index in [1.165, 1.54) is 18.4 Å². The molecule has 0 aliphatic carbocycles. The number of aryl methyl sites for hydroxylation is 1. The van der Waals surface area contributed by atoms with Crippen LogP contribution in [0.2, 0.25) is 0 Å². The molecule has 0 saturated carbocycles. The second-order valence-electron chi connectivity index (χ2n) is 3.42. The lowest BCUT2D eigenvalue weighted by molar-refractivity contribution is 0.587. The summed E-state index contributed by atoms with van der Waals surface area (Å²) in [7, 11) is 0. The van der Waals surface area contributed by atoms with Crippen molar-refractivity contribution < 1.29 is 0 Å². The zero-order chi connectivity index (χ0) is 10.1. The summed E-state index contributed by atoms with van der Waals surface area (Å²) in [5.74, 6) is 0.815. The highest BCUT2D eigenvalue weighted by Crippen LogP contribution is 2.07. The Morgan fingerprint density at radius 3 is 2.00 bits per heavy atom. The summed E-state index contributed by atoms with van der Waals surface area (Å²) in [6.45, 7) is 8.53. The van der Waals surface area contributed by atoms with Crippen molar-refractivity contribution in [2.75, 3.05) is 0 Å². The highest BCUT2D eigenvalue weighted by molar-refractivity contribution is 5.14. The third kappa shape index (κ3) is 6.39. The van der Waals surface area contributed by atoms with Gasteiger partial charge in [-0.25, -0.2) is 0 Å². The van der Waals surface area contributed by atoms with Crippen LogP contribution < -0.4 is 0 Å². The van der Waals surface area contributed by atoms with Crippen molar-refractivity contribution in [1.82, 2.24) is 0 Å².